The van der Waals surface area contributed by atoms with E-state index >= 15 is 0 Å². The predicted molar refractivity (Wildman–Crippen MR) is 162 cm³/mol. The molecule has 4 rings (SSSR count). The fourth-order valence-corrected chi connectivity index (χ4v) is 4.89. The van der Waals surface area contributed by atoms with Crippen LogP contribution in [0.3, 0.4) is 0 Å². The molecule has 0 spiro atoms. The summed E-state index contributed by atoms with van der Waals surface area (Å²) in [5.41, 5.74) is 1.44. The van der Waals surface area contributed by atoms with Crippen LogP contribution in [0.5, 0.6) is 0 Å². The number of ketones is 1. The Morgan fingerprint density at radius 1 is 0.767 bits per heavy atom. The van der Waals surface area contributed by atoms with Crippen molar-refractivity contribution in [1.82, 2.24) is 4.90 Å². The van der Waals surface area contributed by atoms with E-state index < -0.39 is 42.0 Å². The van der Waals surface area contributed by atoms with E-state index in [2.05, 4.69) is 0 Å². The number of esters is 1. The maximum atomic E-state index is 13.8. The SMILES string of the molecule is CC(=O)/C=C/[C@H]1[C@H](OCc2ccccc2)[C@H](OCc2ccccc2)[C@@H](COC(=O)c2ccccc2)N1C(=O)OC(C)(C)C. The Morgan fingerprint density at radius 3 is 1.79 bits per heavy atom. The second-order valence-electron chi connectivity index (χ2n) is 11.4. The Hall–Kier alpha value is -4.27. The summed E-state index contributed by atoms with van der Waals surface area (Å²) in [6, 6.07) is 26.4. The number of carbonyl (C=O) groups is 3. The van der Waals surface area contributed by atoms with Crippen molar-refractivity contribution in [1.29, 1.82) is 0 Å². The van der Waals surface area contributed by atoms with Gasteiger partial charge >= 0.3 is 12.1 Å². The molecule has 1 aliphatic rings. The predicted octanol–water partition coefficient (Wildman–Crippen LogP) is 6.15. The summed E-state index contributed by atoms with van der Waals surface area (Å²) in [7, 11) is 0. The van der Waals surface area contributed by atoms with Gasteiger partial charge in [-0.05, 0) is 57.0 Å². The molecule has 0 aromatic heterocycles. The number of amides is 1. The number of carbonyl (C=O) groups excluding carboxylic acids is 3. The van der Waals surface area contributed by atoms with Crippen LogP contribution in [0.25, 0.3) is 0 Å². The van der Waals surface area contributed by atoms with Crippen molar-refractivity contribution >= 4 is 17.8 Å². The largest absolute Gasteiger partial charge is 0.460 e. The van der Waals surface area contributed by atoms with Gasteiger partial charge in [-0.3, -0.25) is 9.69 Å². The molecular formula is C35H39NO7. The maximum absolute atomic E-state index is 13.8. The van der Waals surface area contributed by atoms with E-state index in [1.54, 1.807) is 51.1 Å². The smallest absolute Gasteiger partial charge is 0.411 e. The Bertz CT molecular complexity index is 1370. The minimum absolute atomic E-state index is 0.179. The van der Waals surface area contributed by atoms with E-state index in [0.29, 0.717) is 5.56 Å². The molecule has 0 bridgehead atoms. The zero-order valence-electron chi connectivity index (χ0n) is 25.1. The molecule has 0 unspecified atom stereocenters. The molecule has 1 fully saturated rings. The maximum Gasteiger partial charge on any atom is 0.411 e. The number of allylic oxidation sites excluding steroid dienone is 1. The highest BCUT2D eigenvalue weighted by Gasteiger charge is 2.53. The average molecular weight is 586 g/mol. The molecule has 3 aromatic rings. The van der Waals surface area contributed by atoms with Crippen molar-refractivity contribution in [3.63, 3.8) is 0 Å². The van der Waals surface area contributed by atoms with Crippen molar-refractivity contribution in [2.75, 3.05) is 6.61 Å². The van der Waals surface area contributed by atoms with Gasteiger partial charge in [0.05, 0.1) is 30.9 Å². The third-order valence-corrected chi connectivity index (χ3v) is 6.82. The van der Waals surface area contributed by atoms with Crippen LogP contribution in [0.1, 0.15) is 49.2 Å². The molecule has 1 heterocycles. The summed E-state index contributed by atoms with van der Waals surface area (Å²) >= 11 is 0. The molecule has 1 aliphatic heterocycles. The summed E-state index contributed by atoms with van der Waals surface area (Å²) in [6.07, 6.45) is 0.965. The van der Waals surface area contributed by atoms with E-state index in [-0.39, 0.29) is 25.6 Å². The van der Waals surface area contributed by atoms with E-state index in [0.717, 1.165) is 11.1 Å². The van der Waals surface area contributed by atoms with Crippen molar-refractivity contribution in [2.45, 2.75) is 70.8 Å². The number of hydrogen-bond donors (Lipinski definition) is 0. The minimum atomic E-state index is -0.805. The minimum Gasteiger partial charge on any atom is -0.460 e. The normalized spacial score (nSPS) is 20.2. The van der Waals surface area contributed by atoms with Crippen LogP contribution in [-0.2, 0) is 37.0 Å². The topological polar surface area (TPSA) is 91.4 Å². The van der Waals surface area contributed by atoms with Gasteiger partial charge in [0, 0.05) is 0 Å². The van der Waals surface area contributed by atoms with Gasteiger partial charge in [0.25, 0.3) is 0 Å². The molecule has 1 amide bonds. The second kappa shape index (κ2) is 14.8. The van der Waals surface area contributed by atoms with Gasteiger partial charge in [0.2, 0.25) is 0 Å². The van der Waals surface area contributed by atoms with E-state index in [9.17, 15) is 14.4 Å². The highest BCUT2D eigenvalue weighted by atomic mass is 16.6. The molecule has 8 nitrogen and oxygen atoms in total. The Morgan fingerprint density at radius 2 is 1.28 bits per heavy atom. The summed E-state index contributed by atoms with van der Waals surface area (Å²) in [5.74, 6) is -0.720. The Labute approximate surface area is 253 Å². The standard InChI is InChI=1S/C35H39NO7/c1-25(37)20-21-29-31(40-22-26-14-8-5-9-15-26)32(41-23-27-16-10-6-11-17-27)30(36(29)34(39)43-35(2,3)4)24-42-33(38)28-18-12-7-13-19-28/h5-21,29-32H,22-24H2,1-4H3/b21-20+/t29-,30+,31-,32+/m0/s1. The van der Waals surface area contributed by atoms with Gasteiger partial charge in [-0.1, -0.05) is 84.9 Å². The first-order valence-electron chi connectivity index (χ1n) is 14.4. The molecule has 0 saturated carbocycles. The third kappa shape index (κ3) is 9.11. The lowest BCUT2D eigenvalue weighted by Crippen LogP contribution is -2.48. The first-order valence-corrected chi connectivity index (χ1v) is 14.4. The first-order chi connectivity index (χ1) is 20.6. The number of rotatable bonds is 11. The molecule has 1 saturated heterocycles. The van der Waals surface area contributed by atoms with Crippen LogP contribution in [0, 0.1) is 0 Å². The summed E-state index contributed by atoms with van der Waals surface area (Å²) in [5, 5.41) is 0. The molecule has 0 aliphatic carbocycles. The molecule has 8 heteroatoms. The van der Waals surface area contributed by atoms with Crippen molar-refractivity contribution in [3.05, 3.63) is 120 Å². The molecule has 43 heavy (non-hydrogen) atoms. The third-order valence-electron chi connectivity index (χ3n) is 6.82. The quantitative estimate of drug-likeness (QED) is 0.197. The van der Waals surface area contributed by atoms with Crippen LogP contribution in [0.4, 0.5) is 4.79 Å². The summed E-state index contributed by atoms with van der Waals surface area (Å²) in [6.45, 7) is 7.05. The highest BCUT2D eigenvalue weighted by molar-refractivity contribution is 5.89. The summed E-state index contributed by atoms with van der Waals surface area (Å²) in [4.78, 5) is 40.4. The molecule has 4 atom stereocenters. The summed E-state index contributed by atoms with van der Waals surface area (Å²) < 4.78 is 24.6. The van der Waals surface area contributed by atoms with Crippen LogP contribution in [0.15, 0.2) is 103 Å². The number of hydrogen-bond acceptors (Lipinski definition) is 7. The second-order valence-corrected chi connectivity index (χ2v) is 11.4. The Balaban J connectivity index is 1.72. The van der Waals surface area contributed by atoms with Crippen molar-refractivity contribution in [2.24, 2.45) is 0 Å². The fourth-order valence-electron chi connectivity index (χ4n) is 4.89. The molecule has 3 aromatic carbocycles. The number of benzene rings is 3. The van der Waals surface area contributed by atoms with Gasteiger partial charge in [-0.2, -0.15) is 0 Å². The van der Waals surface area contributed by atoms with Crippen LogP contribution >= 0.6 is 0 Å². The fraction of sp³-hybridized carbons (Fsp3) is 0.343. The van der Waals surface area contributed by atoms with Gasteiger partial charge in [-0.25, -0.2) is 9.59 Å². The van der Waals surface area contributed by atoms with Crippen LogP contribution in [0.2, 0.25) is 0 Å². The van der Waals surface area contributed by atoms with Gasteiger partial charge in [0.15, 0.2) is 5.78 Å². The zero-order valence-corrected chi connectivity index (χ0v) is 25.1. The molecular weight excluding hydrogens is 546 g/mol. The van der Waals surface area contributed by atoms with Gasteiger partial charge < -0.3 is 18.9 Å². The first kappa shape index (κ1) is 31.7. The number of likely N-dealkylation sites (tertiary alicyclic amines) is 1. The van der Waals surface area contributed by atoms with E-state index in [1.807, 2.05) is 66.7 Å². The lowest BCUT2D eigenvalue weighted by molar-refractivity contribution is -0.112. The zero-order chi connectivity index (χ0) is 30.8. The number of ether oxygens (including phenoxy) is 4. The van der Waals surface area contributed by atoms with Gasteiger partial charge in [-0.15, -0.1) is 0 Å². The van der Waals surface area contributed by atoms with Crippen molar-refractivity contribution in [3.8, 4) is 0 Å². The Kier molecular flexibility index (Phi) is 10.9. The lowest BCUT2D eigenvalue weighted by Gasteiger charge is -2.32. The van der Waals surface area contributed by atoms with E-state index in [4.69, 9.17) is 18.9 Å². The lowest BCUT2D eigenvalue weighted by atomic mass is 10.1. The monoisotopic (exact) mass is 585 g/mol. The van der Waals surface area contributed by atoms with E-state index in [1.165, 1.54) is 17.9 Å². The highest BCUT2D eigenvalue weighted by Crippen LogP contribution is 2.34. The molecule has 0 N–H and O–H groups in total. The van der Waals surface area contributed by atoms with Crippen LogP contribution in [-0.4, -0.2) is 59.2 Å². The van der Waals surface area contributed by atoms with Crippen molar-refractivity contribution < 1.29 is 33.3 Å². The van der Waals surface area contributed by atoms with Crippen LogP contribution < -0.4 is 0 Å². The number of nitrogens with zero attached hydrogens (tertiary/aromatic N) is 1. The molecule has 0 radical (unpaired) electrons. The van der Waals surface area contributed by atoms with Gasteiger partial charge in [0.1, 0.15) is 24.4 Å². The molecule has 226 valence electrons. The average Bonchev–Trinajstić information content (AvgIpc) is 3.29.